The normalized spacial score (nSPS) is 15.9. The van der Waals surface area contributed by atoms with Crippen LogP contribution in [0.15, 0.2) is 34.8 Å². The van der Waals surface area contributed by atoms with Crippen molar-refractivity contribution < 1.29 is 14.6 Å². The predicted octanol–water partition coefficient (Wildman–Crippen LogP) is 3.41. The van der Waals surface area contributed by atoms with E-state index >= 15 is 0 Å². The lowest BCUT2D eigenvalue weighted by Crippen LogP contribution is -2.28. The number of carbonyl (C=O) groups is 1. The number of methoxy groups -OCH3 is 1. The van der Waals surface area contributed by atoms with Crippen molar-refractivity contribution in [3.8, 4) is 0 Å². The number of rotatable bonds is 6. The summed E-state index contributed by atoms with van der Waals surface area (Å²) < 4.78 is 11.2. The van der Waals surface area contributed by atoms with Crippen LogP contribution in [0.3, 0.4) is 0 Å². The van der Waals surface area contributed by atoms with Crippen molar-refractivity contribution >= 4 is 23.1 Å². The average Bonchev–Trinajstić information content (AvgIpc) is 3.12. The smallest absolute Gasteiger partial charge is 0.329 e. The van der Waals surface area contributed by atoms with Crippen molar-refractivity contribution in [1.82, 2.24) is 13.7 Å². The number of imidazole rings is 1. The van der Waals surface area contributed by atoms with Gasteiger partial charge >= 0.3 is 11.7 Å². The summed E-state index contributed by atoms with van der Waals surface area (Å²) in [7, 11) is 3.75. The zero-order valence-corrected chi connectivity index (χ0v) is 17.8. The van der Waals surface area contributed by atoms with Crippen LogP contribution in [0.5, 0.6) is 0 Å². The van der Waals surface area contributed by atoms with Crippen LogP contribution in [0.25, 0.3) is 17.1 Å². The van der Waals surface area contributed by atoms with Crippen LogP contribution < -0.4 is 5.69 Å². The first-order valence-electron chi connectivity index (χ1n) is 10.1. The lowest BCUT2D eigenvalue weighted by atomic mass is 9.90. The van der Waals surface area contributed by atoms with E-state index in [0.717, 1.165) is 16.8 Å². The zero-order chi connectivity index (χ0) is 21.6. The molecule has 7 heteroatoms. The van der Waals surface area contributed by atoms with Gasteiger partial charge in [-0.3, -0.25) is 13.9 Å². The summed E-state index contributed by atoms with van der Waals surface area (Å²) in [5, 5.41) is 9.08. The second-order valence-electron chi connectivity index (χ2n) is 7.96. The molecule has 1 unspecified atom stereocenters. The fourth-order valence-electron chi connectivity index (χ4n) is 4.62. The van der Waals surface area contributed by atoms with Gasteiger partial charge in [0.2, 0.25) is 0 Å². The maximum Gasteiger partial charge on any atom is 0.329 e. The van der Waals surface area contributed by atoms with E-state index in [1.54, 1.807) is 16.2 Å². The standard InChI is InChI=1S/C23H27N3O4/c1-14-15(2)24(3)22-16(11-17(30-4)12-18(14)22)13-26-20-8-6-5-7-19(20)25(23(26)29)10-9-21(27)28/h5-8,12,16H,9-11,13H2,1-4H3,(H,27,28). The molecule has 0 aliphatic heterocycles. The molecule has 158 valence electrons. The highest BCUT2D eigenvalue weighted by molar-refractivity contribution is 5.76. The van der Waals surface area contributed by atoms with E-state index in [4.69, 9.17) is 9.84 Å². The highest BCUT2D eigenvalue weighted by Crippen LogP contribution is 2.39. The first-order valence-corrected chi connectivity index (χ1v) is 10.1. The number of para-hydroxylation sites is 2. The minimum Gasteiger partial charge on any atom is -0.501 e. The van der Waals surface area contributed by atoms with Gasteiger partial charge < -0.3 is 14.4 Å². The number of hydrogen-bond donors (Lipinski definition) is 1. The Hall–Kier alpha value is -3.22. The van der Waals surface area contributed by atoms with E-state index in [1.807, 2.05) is 24.3 Å². The maximum atomic E-state index is 13.3. The molecule has 0 spiro atoms. The number of aryl methyl sites for hydroxylation is 1. The summed E-state index contributed by atoms with van der Waals surface area (Å²) in [5.74, 6) is 0.0675. The summed E-state index contributed by atoms with van der Waals surface area (Å²) in [6.07, 6.45) is 2.72. The quantitative estimate of drug-likeness (QED) is 0.677. The van der Waals surface area contributed by atoms with Crippen molar-refractivity contribution in [1.29, 1.82) is 0 Å². The number of allylic oxidation sites excluding steroid dienone is 1. The third kappa shape index (κ3) is 3.14. The van der Waals surface area contributed by atoms with Crippen LogP contribution in [0.1, 0.15) is 41.3 Å². The number of fused-ring (bicyclic) bond motifs is 2. The monoisotopic (exact) mass is 409 g/mol. The number of carboxylic acid groups (broad SMARTS) is 1. The van der Waals surface area contributed by atoms with Gasteiger partial charge in [0.15, 0.2) is 0 Å². The van der Waals surface area contributed by atoms with Gasteiger partial charge in [0.25, 0.3) is 0 Å². The SMILES string of the molecule is COC1=Cc2c(C)c(C)n(C)c2C(Cn2c(=O)n(CCC(=O)O)c3ccccc32)C1. The van der Waals surface area contributed by atoms with Gasteiger partial charge in [-0.15, -0.1) is 0 Å². The highest BCUT2D eigenvalue weighted by atomic mass is 16.5. The molecular weight excluding hydrogens is 382 g/mol. The molecule has 1 N–H and O–H groups in total. The summed E-state index contributed by atoms with van der Waals surface area (Å²) in [6, 6.07) is 7.58. The number of benzene rings is 1. The predicted molar refractivity (Wildman–Crippen MR) is 116 cm³/mol. The molecule has 0 saturated carbocycles. The molecular formula is C23H27N3O4. The molecule has 1 atom stereocenters. The molecule has 3 aromatic rings. The number of carboxylic acids is 1. The molecule has 0 saturated heterocycles. The van der Waals surface area contributed by atoms with Gasteiger partial charge in [0.05, 0.1) is 30.3 Å². The summed E-state index contributed by atoms with van der Waals surface area (Å²) in [4.78, 5) is 24.4. The third-order valence-corrected chi connectivity index (χ3v) is 6.37. The van der Waals surface area contributed by atoms with E-state index in [1.165, 1.54) is 22.5 Å². The maximum absolute atomic E-state index is 13.3. The molecule has 0 fully saturated rings. The Morgan fingerprint density at radius 3 is 2.50 bits per heavy atom. The number of nitrogens with zero attached hydrogens (tertiary/aromatic N) is 3. The molecule has 0 bridgehead atoms. The Morgan fingerprint density at radius 1 is 1.20 bits per heavy atom. The molecule has 7 nitrogen and oxygen atoms in total. The van der Waals surface area contributed by atoms with Crippen LogP contribution in [0, 0.1) is 13.8 Å². The van der Waals surface area contributed by atoms with Crippen LogP contribution in [-0.2, 0) is 29.7 Å². The van der Waals surface area contributed by atoms with Crippen molar-refractivity contribution in [2.45, 2.75) is 45.7 Å². The van der Waals surface area contributed by atoms with Crippen molar-refractivity contribution in [3.63, 3.8) is 0 Å². The fourth-order valence-corrected chi connectivity index (χ4v) is 4.62. The van der Waals surface area contributed by atoms with E-state index < -0.39 is 5.97 Å². The van der Waals surface area contributed by atoms with Crippen LogP contribution in [0.4, 0.5) is 0 Å². The lowest BCUT2D eigenvalue weighted by Gasteiger charge is -2.25. The third-order valence-electron chi connectivity index (χ3n) is 6.37. The Labute approximate surface area is 174 Å². The molecule has 0 radical (unpaired) electrons. The molecule has 30 heavy (non-hydrogen) atoms. The van der Waals surface area contributed by atoms with Crippen LogP contribution >= 0.6 is 0 Å². The Kier molecular flexibility index (Phi) is 5.05. The molecule has 0 amide bonds. The van der Waals surface area contributed by atoms with Gasteiger partial charge in [0.1, 0.15) is 0 Å². The minimum absolute atomic E-state index is 0.0776. The van der Waals surface area contributed by atoms with Gasteiger partial charge in [-0.1, -0.05) is 12.1 Å². The van der Waals surface area contributed by atoms with Crippen molar-refractivity contribution in [2.75, 3.05) is 7.11 Å². The summed E-state index contributed by atoms with van der Waals surface area (Å²) >= 11 is 0. The lowest BCUT2D eigenvalue weighted by molar-refractivity contribution is -0.137. The minimum atomic E-state index is -0.916. The molecule has 4 rings (SSSR count). The Balaban J connectivity index is 1.82. The topological polar surface area (TPSA) is 78.4 Å². The average molecular weight is 409 g/mol. The number of aromatic nitrogens is 3. The molecule has 1 aliphatic carbocycles. The van der Waals surface area contributed by atoms with Crippen molar-refractivity contribution in [2.24, 2.45) is 7.05 Å². The Morgan fingerprint density at radius 2 is 1.87 bits per heavy atom. The van der Waals surface area contributed by atoms with E-state index in [2.05, 4.69) is 31.5 Å². The molecule has 1 aliphatic rings. The molecule has 1 aromatic carbocycles. The summed E-state index contributed by atoms with van der Waals surface area (Å²) in [5.41, 5.74) is 6.23. The van der Waals surface area contributed by atoms with E-state index in [9.17, 15) is 9.59 Å². The largest absolute Gasteiger partial charge is 0.501 e. The second-order valence-corrected chi connectivity index (χ2v) is 7.96. The number of ether oxygens (including phenoxy) is 1. The Bertz CT molecular complexity index is 1230. The van der Waals surface area contributed by atoms with Gasteiger partial charge in [-0.05, 0) is 37.6 Å². The van der Waals surface area contributed by atoms with Crippen LogP contribution in [-0.4, -0.2) is 31.9 Å². The van der Waals surface area contributed by atoms with Gasteiger partial charge in [0, 0.05) is 49.4 Å². The van der Waals surface area contributed by atoms with E-state index in [-0.39, 0.29) is 24.6 Å². The second kappa shape index (κ2) is 7.55. The van der Waals surface area contributed by atoms with Gasteiger partial charge in [-0.2, -0.15) is 0 Å². The van der Waals surface area contributed by atoms with Crippen LogP contribution in [0.2, 0.25) is 0 Å². The van der Waals surface area contributed by atoms with E-state index in [0.29, 0.717) is 13.0 Å². The number of hydrogen-bond acceptors (Lipinski definition) is 3. The van der Waals surface area contributed by atoms with Gasteiger partial charge in [-0.25, -0.2) is 4.79 Å². The van der Waals surface area contributed by atoms with Crippen molar-refractivity contribution in [3.05, 3.63) is 63.0 Å². The molecule has 2 heterocycles. The molecule has 2 aromatic heterocycles. The first-order chi connectivity index (χ1) is 14.3. The zero-order valence-electron chi connectivity index (χ0n) is 17.8. The number of aliphatic carboxylic acids is 1. The summed E-state index contributed by atoms with van der Waals surface area (Å²) in [6.45, 7) is 4.88. The highest BCUT2D eigenvalue weighted by Gasteiger charge is 2.29. The first kappa shape index (κ1) is 20.1. The fraction of sp³-hybridized carbons (Fsp3) is 0.391.